The predicted molar refractivity (Wildman–Crippen MR) is 110 cm³/mol. The van der Waals surface area contributed by atoms with E-state index in [0.717, 1.165) is 36.8 Å². The topological polar surface area (TPSA) is 0 Å². The van der Waals surface area contributed by atoms with Gasteiger partial charge >= 0.3 is 0 Å². The van der Waals surface area contributed by atoms with Crippen molar-refractivity contribution in [2.75, 3.05) is 6.67 Å². The lowest BCUT2D eigenvalue weighted by molar-refractivity contribution is 0.152. The molecule has 0 bridgehead atoms. The van der Waals surface area contributed by atoms with Gasteiger partial charge in [-0.25, -0.2) is 13.2 Å². The van der Waals surface area contributed by atoms with E-state index in [-0.39, 0.29) is 6.67 Å². The molecule has 0 aromatic heterocycles. The number of allylic oxidation sites excluding steroid dienone is 2. The Morgan fingerprint density at radius 2 is 1.41 bits per heavy atom. The highest BCUT2D eigenvalue weighted by molar-refractivity contribution is 5.19. The maximum absolute atomic E-state index is 13.4. The maximum atomic E-state index is 13.4. The number of aryl methyl sites for hydroxylation is 1. The molecule has 3 rings (SSSR count). The van der Waals surface area contributed by atoms with E-state index in [0.29, 0.717) is 30.2 Å². The average molecular weight is 411 g/mol. The van der Waals surface area contributed by atoms with Crippen LogP contribution in [0.2, 0.25) is 0 Å². The first-order valence-corrected chi connectivity index (χ1v) is 11.4. The fourth-order valence-corrected chi connectivity index (χ4v) is 5.36. The third-order valence-electron chi connectivity index (χ3n) is 7.17. The lowest BCUT2D eigenvalue weighted by Crippen LogP contribution is -2.25. The molecule has 0 saturated heterocycles. The normalized spacial score (nSPS) is 28.1. The Bertz CT molecular complexity index is 630. The molecule has 0 aliphatic heterocycles. The zero-order valence-electron chi connectivity index (χ0n) is 17.3. The van der Waals surface area contributed by atoms with Gasteiger partial charge in [0, 0.05) is 0 Å². The predicted octanol–water partition coefficient (Wildman–Crippen LogP) is 7.96. The third-order valence-corrected chi connectivity index (χ3v) is 7.17. The van der Waals surface area contributed by atoms with Crippen LogP contribution in [-0.4, -0.2) is 6.67 Å². The molecule has 2 aliphatic rings. The summed E-state index contributed by atoms with van der Waals surface area (Å²) in [4.78, 5) is 0. The van der Waals surface area contributed by atoms with Crippen molar-refractivity contribution in [3.63, 3.8) is 0 Å². The molecule has 0 atom stereocenters. The fraction of sp³-hybridized carbons (Fsp3) is 0.680. The van der Waals surface area contributed by atoms with Gasteiger partial charge in [0.15, 0.2) is 17.5 Å². The van der Waals surface area contributed by atoms with Crippen molar-refractivity contribution in [1.29, 1.82) is 0 Å². The summed E-state index contributed by atoms with van der Waals surface area (Å²) < 4.78 is 51.9. The van der Waals surface area contributed by atoms with Crippen molar-refractivity contribution >= 4 is 0 Å². The lowest BCUT2D eigenvalue weighted by Gasteiger charge is -2.37. The summed E-state index contributed by atoms with van der Waals surface area (Å²) >= 11 is 0. The summed E-state index contributed by atoms with van der Waals surface area (Å²) in [7, 11) is 0. The van der Waals surface area contributed by atoms with Gasteiger partial charge in [0.1, 0.15) is 0 Å². The lowest BCUT2D eigenvalue weighted by atomic mass is 9.68. The Morgan fingerprint density at radius 1 is 0.828 bits per heavy atom. The van der Waals surface area contributed by atoms with Gasteiger partial charge in [0.05, 0.1) is 6.67 Å². The number of halogens is 4. The van der Waals surface area contributed by atoms with Crippen LogP contribution >= 0.6 is 0 Å². The molecule has 2 saturated carbocycles. The first-order chi connectivity index (χ1) is 14.1. The van der Waals surface area contributed by atoms with Crippen LogP contribution < -0.4 is 0 Å². The Hall–Kier alpha value is -1.32. The molecule has 1 aromatic rings. The molecule has 0 unspecified atom stereocenters. The van der Waals surface area contributed by atoms with Crippen molar-refractivity contribution in [3.05, 3.63) is 47.3 Å². The molecule has 0 N–H and O–H groups in total. The van der Waals surface area contributed by atoms with E-state index in [9.17, 15) is 17.6 Å². The Morgan fingerprint density at radius 3 is 2.00 bits per heavy atom. The summed E-state index contributed by atoms with van der Waals surface area (Å²) in [6.07, 6.45) is 17.6. The molecule has 29 heavy (non-hydrogen) atoms. The van der Waals surface area contributed by atoms with Gasteiger partial charge < -0.3 is 0 Å². The minimum absolute atomic E-state index is 0.225. The summed E-state index contributed by atoms with van der Waals surface area (Å²) in [5.74, 6) is -0.599. The summed E-state index contributed by atoms with van der Waals surface area (Å²) in [5.41, 5.74) is 0.557. The summed E-state index contributed by atoms with van der Waals surface area (Å²) in [5, 5.41) is 0. The van der Waals surface area contributed by atoms with Crippen LogP contribution in [-0.2, 0) is 6.42 Å². The molecule has 0 amide bonds. The average Bonchev–Trinajstić information content (AvgIpc) is 2.74. The van der Waals surface area contributed by atoms with Crippen LogP contribution in [0.5, 0.6) is 0 Å². The highest BCUT2D eigenvalue weighted by atomic mass is 19.2. The molecule has 2 fully saturated rings. The Balaban J connectivity index is 1.36. The summed E-state index contributed by atoms with van der Waals surface area (Å²) in [6.45, 7) is -0.225. The van der Waals surface area contributed by atoms with E-state index in [1.54, 1.807) is 0 Å². The SMILES string of the molecule is FCCC/C=C/C1CCC(C2CCC(CCc3cc(F)c(F)c(F)c3)CC2)CC1. The van der Waals surface area contributed by atoms with Gasteiger partial charge in [-0.15, -0.1) is 0 Å². The van der Waals surface area contributed by atoms with Crippen molar-refractivity contribution in [2.24, 2.45) is 23.7 Å². The molecule has 162 valence electrons. The Labute approximate surface area is 172 Å². The second-order valence-electron chi connectivity index (χ2n) is 9.13. The van der Waals surface area contributed by atoms with Crippen molar-refractivity contribution in [1.82, 2.24) is 0 Å². The van der Waals surface area contributed by atoms with Crippen molar-refractivity contribution < 1.29 is 17.6 Å². The minimum Gasteiger partial charge on any atom is -0.251 e. The quantitative estimate of drug-likeness (QED) is 0.176. The first kappa shape index (κ1) is 22.4. The molecular formula is C25H34F4. The van der Waals surface area contributed by atoms with Gasteiger partial charge in [-0.2, -0.15) is 0 Å². The fourth-order valence-electron chi connectivity index (χ4n) is 5.36. The van der Waals surface area contributed by atoms with E-state index < -0.39 is 17.5 Å². The number of hydrogen-bond acceptors (Lipinski definition) is 0. The van der Waals surface area contributed by atoms with Crippen LogP contribution in [0.3, 0.4) is 0 Å². The van der Waals surface area contributed by atoms with E-state index >= 15 is 0 Å². The molecule has 0 radical (unpaired) electrons. The highest BCUT2D eigenvalue weighted by Crippen LogP contribution is 2.42. The molecular weight excluding hydrogens is 376 g/mol. The number of unbranched alkanes of at least 4 members (excludes halogenated alkanes) is 1. The zero-order valence-corrected chi connectivity index (χ0v) is 17.3. The van der Waals surface area contributed by atoms with Crippen molar-refractivity contribution in [2.45, 2.75) is 77.0 Å². The number of alkyl halides is 1. The van der Waals surface area contributed by atoms with Crippen molar-refractivity contribution in [3.8, 4) is 0 Å². The molecule has 0 nitrogen and oxygen atoms in total. The molecule has 2 aliphatic carbocycles. The van der Waals surface area contributed by atoms with Crippen LogP contribution in [0.4, 0.5) is 17.6 Å². The Kier molecular flexibility index (Phi) is 8.62. The maximum Gasteiger partial charge on any atom is 0.194 e. The largest absolute Gasteiger partial charge is 0.251 e. The van der Waals surface area contributed by atoms with Gasteiger partial charge in [-0.05, 0) is 106 Å². The van der Waals surface area contributed by atoms with E-state index in [4.69, 9.17) is 0 Å². The molecule has 0 heterocycles. The van der Waals surface area contributed by atoms with Gasteiger partial charge in [0.25, 0.3) is 0 Å². The molecule has 0 spiro atoms. The molecule has 1 aromatic carbocycles. The first-order valence-electron chi connectivity index (χ1n) is 11.4. The minimum atomic E-state index is -1.38. The van der Waals surface area contributed by atoms with Crippen LogP contribution in [0, 0.1) is 41.1 Å². The summed E-state index contributed by atoms with van der Waals surface area (Å²) in [6, 6.07) is 2.27. The van der Waals surface area contributed by atoms with E-state index in [1.807, 2.05) is 0 Å². The smallest absolute Gasteiger partial charge is 0.194 e. The second kappa shape index (κ2) is 11.2. The number of hydrogen-bond donors (Lipinski definition) is 0. The van der Waals surface area contributed by atoms with Crippen LogP contribution in [0.25, 0.3) is 0 Å². The van der Waals surface area contributed by atoms with Crippen LogP contribution in [0.15, 0.2) is 24.3 Å². The van der Waals surface area contributed by atoms with Crippen LogP contribution in [0.1, 0.15) is 76.2 Å². The number of benzene rings is 1. The highest BCUT2D eigenvalue weighted by Gasteiger charge is 2.30. The van der Waals surface area contributed by atoms with Gasteiger partial charge in [0.2, 0.25) is 0 Å². The second-order valence-corrected chi connectivity index (χ2v) is 9.13. The standard InChI is InChI=1S/C25H34F4/c26-15-3-1-2-4-18-7-11-21(12-8-18)22-13-9-19(10-14-22)5-6-20-16-23(27)25(29)24(28)17-20/h2,4,16-19,21-22H,1,3,5-15H2/b4-2+. The van der Waals surface area contributed by atoms with Gasteiger partial charge in [-0.1, -0.05) is 25.0 Å². The van der Waals surface area contributed by atoms with Gasteiger partial charge in [-0.3, -0.25) is 4.39 Å². The zero-order chi connectivity index (χ0) is 20.6. The number of rotatable bonds is 8. The van der Waals surface area contributed by atoms with E-state index in [1.165, 1.54) is 51.4 Å². The monoisotopic (exact) mass is 410 g/mol. The molecule has 4 heteroatoms. The van der Waals surface area contributed by atoms with E-state index in [2.05, 4.69) is 12.2 Å². The third kappa shape index (κ3) is 6.58.